The molecule has 22 heavy (non-hydrogen) atoms. The van der Waals surface area contributed by atoms with Gasteiger partial charge in [-0.2, -0.15) is 0 Å². The molecule has 116 valence electrons. The van der Waals surface area contributed by atoms with E-state index >= 15 is 0 Å². The first kappa shape index (κ1) is 15.4. The molecule has 0 unspecified atom stereocenters. The average molecular weight is 307 g/mol. The molecule has 0 aliphatic rings. The van der Waals surface area contributed by atoms with Gasteiger partial charge in [0.25, 0.3) is 0 Å². The van der Waals surface area contributed by atoms with Crippen LogP contribution >= 0.6 is 0 Å². The number of carbonyl (C=O) groups excluding carboxylic acids is 1. The van der Waals surface area contributed by atoms with Gasteiger partial charge in [0.2, 0.25) is 0 Å². The summed E-state index contributed by atoms with van der Waals surface area (Å²) < 4.78 is 9.78. The maximum Gasteiger partial charge on any atom is 0.433 e. The van der Waals surface area contributed by atoms with Crippen molar-refractivity contribution in [2.45, 2.75) is 19.4 Å². The Labute approximate surface area is 124 Å². The lowest BCUT2D eigenvalue weighted by Crippen LogP contribution is -2.05. The second-order valence-corrected chi connectivity index (χ2v) is 4.48. The molecule has 0 spiro atoms. The van der Waals surface area contributed by atoms with Gasteiger partial charge in [0, 0.05) is 6.42 Å². The number of benzene rings is 1. The molecule has 0 saturated carbocycles. The number of hydrogen-bond acceptors (Lipinski definition) is 7. The van der Waals surface area contributed by atoms with Crippen LogP contribution in [0.1, 0.15) is 17.7 Å². The first-order valence-electron chi connectivity index (χ1n) is 6.35. The molecule has 0 atom stereocenters. The van der Waals surface area contributed by atoms with Gasteiger partial charge in [-0.3, -0.25) is 14.9 Å². The second-order valence-electron chi connectivity index (χ2n) is 4.48. The number of phenolic OH excluding ortho intramolecular Hbond substituents is 2. The van der Waals surface area contributed by atoms with Crippen LogP contribution in [0.2, 0.25) is 0 Å². The number of nitro groups is 1. The van der Waals surface area contributed by atoms with Crippen molar-refractivity contribution in [1.82, 2.24) is 0 Å². The molecule has 1 aromatic heterocycles. The third kappa shape index (κ3) is 3.98. The van der Waals surface area contributed by atoms with Gasteiger partial charge < -0.3 is 19.4 Å². The van der Waals surface area contributed by atoms with Crippen molar-refractivity contribution in [2.75, 3.05) is 0 Å². The van der Waals surface area contributed by atoms with Crippen molar-refractivity contribution in [3.63, 3.8) is 0 Å². The SMILES string of the molecule is O=C(CCc1ccc(O)c(O)c1)OCc1ccc([N+](=O)[O-])o1. The summed E-state index contributed by atoms with van der Waals surface area (Å²) in [6.07, 6.45) is 0.387. The highest BCUT2D eigenvalue weighted by Gasteiger charge is 2.13. The molecule has 0 saturated heterocycles. The minimum atomic E-state index is -0.678. The van der Waals surface area contributed by atoms with Gasteiger partial charge in [0.05, 0.1) is 6.07 Å². The Morgan fingerprint density at radius 1 is 1.23 bits per heavy atom. The number of aromatic hydroxyl groups is 2. The first-order chi connectivity index (χ1) is 10.5. The normalized spacial score (nSPS) is 10.4. The number of phenols is 2. The van der Waals surface area contributed by atoms with E-state index in [9.17, 15) is 25.1 Å². The van der Waals surface area contributed by atoms with Crippen LogP contribution in [0.4, 0.5) is 5.88 Å². The van der Waals surface area contributed by atoms with E-state index in [1.165, 1.54) is 24.3 Å². The lowest BCUT2D eigenvalue weighted by Gasteiger charge is -2.04. The molecule has 2 N–H and O–H groups in total. The lowest BCUT2D eigenvalue weighted by atomic mass is 10.1. The van der Waals surface area contributed by atoms with Crippen LogP contribution in [0.15, 0.2) is 34.7 Å². The average Bonchev–Trinajstić information content (AvgIpc) is 2.95. The van der Waals surface area contributed by atoms with E-state index in [-0.39, 0.29) is 30.3 Å². The number of nitrogens with zero attached hydrogens (tertiary/aromatic N) is 1. The standard InChI is InChI=1S/C14H13NO7/c16-11-4-1-9(7-12(11)17)2-6-14(18)21-8-10-3-5-13(22-10)15(19)20/h1,3-5,7,16-17H,2,6,8H2. The number of aryl methyl sites for hydroxylation is 1. The van der Waals surface area contributed by atoms with Gasteiger partial charge in [-0.1, -0.05) is 6.07 Å². The van der Waals surface area contributed by atoms with Crippen molar-refractivity contribution < 1.29 is 29.1 Å². The van der Waals surface area contributed by atoms with Gasteiger partial charge in [-0.05, 0) is 30.2 Å². The van der Waals surface area contributed by atoms with Crippen LogP contribution in [0.5, 0.6) is 11.5 Å². The van der Waals surface area contributed by atoms with Crippen molar-refractivity contribution >= 4 is 11.9 Å². The van der Waals surface area contributed by atoms with E-state index in [1.54, 1.807) is 6.07 Å². The molecule has 0 radical (unpaired) electrons. The summed E-state index contributed by atoms with van der Waals surface area (Å²) >= 11 is 0. The number of carbonyl (C=O) groups is 1. The molecule has 8 heteroatoms. The smallest absolute Gasteiger partial charge is 0.433 e. The van der Waals surface area contributed by atoms with Crippen molar-refractivity contribution in [1.29, 1.82) is 0 Å². The monoisotopic (exact) mass is 307 g/mol. The molecule has 0 fully saturated rings. The fraction of sp³-hybridized carbons (Fsp3) is 0.214. The molecule has 0 bridgehead atoms. The van der Waals surface area contributed by atoms with Crippen molar-refractivity contribution in [3.05, 3.63) is 51.8 Å². The molecule has 2 aromatic rings. The highest BCUT2D eigenvalue weighted by molar-refractivity contribution is 5.69. The zero-order valence-electron chi connectivity index (χ0n) is 11.4. The van der Waals surface area contributed by atoms with E-state index in [1.807, 2.05) is 0 Å². The second kappa shape index (κ2) is 6.61. The maximum absolute atomic E-state index is 11.6. The number of hydrogen-bond donors (Lipinski definition) is 2. The zero-order valence-corrected chi connectivity index (χ0v) is 11.4. The lowest BCUT2D eigenvalue weighted by molar-refractivity contribution is -0.402. The number of rotatable bonds is 6. The topological polar surface area (TPSA) is 123 Å². The highest BCUT2D eigenvalue weighted by Crippen LogP contribution is 2.25. The Balaban J connectivity index is 1.80. The Morgan fingerprint density at radius 3 is 2.64 bits per heavy atom. The van der Waals surface area contributed by atoms with E-state index in [0.717, 1.165) is 0 Å². The molecule has 0 amide bonds. The van der Waals surface area contributed by atoms with Crippen LogP contribution < -0.4 is 0 Å². The quantitative estimate of drug-likeness (QED) is 0.363. The minimum absolute atomic E-state index is 0.0625. The fourth-order valence-electron chi connectivity index (χ4n) is 1.74. The van der Waals surface area contributed by atoms with Crippen LogP contribution in [0.25, 0.3) is 0 Å². The molecule has 1 aromatic carbocycles. The van der Waals surface area contributed by atoms with E-state index in [4.69, 9.17) is 9.15 Å². The third-order valence-electron chi connectivity index (χ3n) is 2.86. The first-order valence-corrected chi connectivity index (χ1v) is 6.35. The van der Waals surface area contributed by atoms with E-state index in [2.05, 4.69) is 0 Å². The molecule has 0 aliphatic carbocycles. The molecule has 8 nitrogen and oxygen atoms in total. The van der Waals surface area contributed by atoms with Crippen LogP contribution in [0, 0.1) is 10.1 Å². The summed E-state index contributed by atoms with van der Waals surface area (Å²) in [5.41, 5.74) is 0.667. The van der Waals surface area contributed by atoms with Crippen LogP contribution in [-0.4, -0.2) is 21.1 Å². The summed E-state index contributed by atoms with van der Waals surface area (Å²) in [6.45, 7) is -0.187. The van der Waals surface area contributed by atoms with E-state index in [0.29, 0.717) is 12.0 Å². The van der Waals surface area contributed by atoms with Crippen molar-refractivity contribution in [3.8, 4) is 11.5 Å². The molecular weight excluding hydrogens is 294 g/mol. The largest absolute Gasteiger partial charge is 0.504 e. The Kier molecular flexibility index (Phi) is 4.62. The van der Waals surface area contributed by atoms with Gasteiger partial charge in [-0.25, -0.2) is 0 Å². The number of ether oxygens (including phenoxy) is 1. The summed E-state index contributed by atoms with van der Waals surface area (Å²) in [5, 5.41) is 28.9. The Hall–Kier alpha value is -3.03. The van der Waals surface area contributed by atoms with Gasteiger partial charge in [0.1, 0.15) is 17.3 Å². The van der Waals surface area contributed by atoms with Crippen molar-refractivity contribution in [2.24, 2.45) is 0 Å². The van der Waals surface area contributed by atoms with E-state index < -0.39 is 16.8 Å². The predicted molar refractivity (Wildman–Crippen MR) is 73.3 cm³/mol. The number of esters is 1. The Morgan fingerprint density at radius 2 is 2.00 bits per heavy atom. The summed E-state index contributed by atoms with van der Waals surface area (Å²) in [6, 6.07) is 6.82. The summed E-state index contributed by atoms with van der Waals surface area (Å²) in [5.74, 6) is -1.22. The third-order valence-corrected chi connectivity index (χ3v) is 2.86. The van der Waals surface area contributed by atoms with Crippen LogP contribution in [0.3, 0.4) is 0 Å². The van der Waals surface area contributed by atoms with Crippen LogP contribution in [-0.2, 0) is 22.6 Å². The molecule has 1 heterocycles. The summed E-state index contributed by atoms with van der Waals surface area (Å²) in [4.78, 5) is 21.3. The Bertz CT molecular complexity index is 692. The maximum atomic E-state index is 11.6. The predicted octanol–water partition coefficient (Wildman–Crippen LogP) is 2.28. The summed E-state index contributed by atoms with van der Waals surface area (Å²) in [7, 11) is 0. The molecule has 0 aliphatic heterocycles. The number of furan rings is 1. The van der Waals surface area contributed by atoms with Gasteiger partial charge in [-0.15, -0.1) is 0 Å². The van der Waals surface area contributed by atoms with Gasteiger partial charge >= 0.3 is 11.9 Å². The highest BCUT2D eigenvalue weighted by atomic mass is 16.6. The van der Waals surface area contributed by atoms with Gasteiger partial charge in [0.15, 0.2) is 11.5 Å². The minimum Gasteiger partial charge on any atom is -0.504 e. The molecule has 2 rings (SSSR count). The molecular formula is C14H13NO7. The zero-order chi connectivity index (χ0) is 16.1. The fourth-order valence-corrected chi connectivity index (χ4v) is 1.74.